The van der Waals surface area contributed by atoms with E-state index in [4.69, 9.17) is 21.1 Å². The fraction of sp³-hybridized carbons (Fsp3) is 0.263. The summed E-state index contributed by atoms with van der Waals surface area (Å²) in [4.78, 5) is 32.4. The number of rotatable bonds is 11. The molecule has 4 aromatic carbocycles. The molecule has 7 nitrogen and oxygen atoms in total. The van der Waals surface area contributed by atoms with Gasteiger partial charge in [0, 0.05) is 78.0 Å². The number of halogens is 1. The topological polar surface area (TPSA) is 62.3 Å². The smallest absolute Gasteiger partial charge is 0.330 e. The average molecular weight is 636 g/mol. The van der Waals surface area contributed by atoms with Crippen molar-refractivity contribution in [3.8, 4) is 11.5 Å². The number of para-hydroxylation sites is 1. The van der Waals surface area contributed by atoms with Crippen molar-refractivity contribution in [3.05, 3.63) is 125 Å². The molecule has 6 rings (SSSR count). The van der Waals surface area contributed by atoms with Crippen LogP contribution in [0.15, 0.2) is 97.6 Å². The number of anilines is 3. The third kappa shape index (κ3) is 5.09. The zero-order chi connectivity index (χ0) is 32.4. The fourth-order valence-corrected chi connectivity index (χ4v) is 7.04. The van der Waals surface area contributed by atoms with Gasteiger partial charge in [-0.3, -0.25) is 9.69 Å². The van der Waals surface area contributed by atoms with E-state index in [-0.39, 0.29) is 5.91 Å². The molecule has 0 N–H and O–H groups in total. The van der Waals surface area contributed by atoms with Crippen molar-refractivity contribution in [3.63, 3.8) is 0 Å². The second-order valence-electron chi connectivity index (χ2n) is 11.3. The first-order valence-electron chi connectivity index (χ1n) is 15.8. The molecule has 1 unspecified atom stereocenters. The number of amides is 1. The molecule has 8 heteroatoms. The van der Waals surface area contributed by atoms with Crippen LogP contribution in [-0.4, -0.2) is 44.7 Å². The van der Waals surface area contributed by atoms with Gasteiger partial charge >= 0.3 is 5.97 Å². The quantitative estimate of drug-likeness (QED) is 0.0941. The van der Waals surface area contributed by atoms with E-state index in [1.54, 1.807) is 0 Å². The van der Waals surface area contributed by atoms with Gasteiger partial charge in [0.25, 0.3) is 5.91 Å². The molecule has 0 radical (unpaired) electrons. The number of fused-ring (bicyclic) bond motifs is 6. The molecule has 236 valence electrons. The van der Waals surface area contributed by atoms with Crippen LogP contribution in [0.25, 0.3) is 0 Å². The highest BCUT2D eigenvalue weighted by Crippen LogP contribution is 2.59. The minimum Gasteiger partial charge on any atom is -0.462 e. The molecule has 2 aliphatic rings. The molecular weight excluding hydrogens is 598 g/mol. The van der Waals surface area contributed by atoms with Gasteiger partial charge in [0.1, 0.15) is 17.0 Å². The molecule has 4 aromatic rings. The van der Waals surface area contributed by atoms with E-state index in [9.17, 15) is 9.59 Å². The zero-order valence-electron chi connectivity index (χ0n) is 26.5. The third-order valence-corrected chi connectivity index (χ3v) is 9.29. The number of esters is 1. The number of nitrogens with zero attached hydrogens (tertiary/aromatic N) is 3. The minimum atomic E-state index is -1.03. The Kier molecular flexibility index (Phi) is 8.78. The second-order valence-corrected chi connectivity index (χ2v) is 11.7. The molecule has 1 atom stereocenters. The monoisotopic (exact) mass is 635 g/mol. The van der Waals surface area contributed by atoms with Crippen molar-refractivity contribution in [1.82, 2.24) is 0 Å². The predicted octanol–water partition coefficient (Wildman–Crippen LogP) is 8.19. The first-order chi connectivity index (χ1) is 22.4. The molecule has 0 fully saturated rings. The molecule has 0 saturated carbocycles. The highest BCUT2D eigenvalue weighted by molar-refractivity contribution is 6.34. The summed E-state index contributed by atoms with van der Waals surface area (Å²) in [5.41, 5.74) is 4.85. The summed E-state index contributed by atoms with van der Waals surface area (Å²) in [6.07, 6.45) is 1.84. The molecule has 0 bridgehead atoms. The Balaban J connectivity index is 1.56. The predicted molar refractivity (Wildman–Crippen MR) is 185 cm³/mol. The Morgan fingerprint density at radius 3 is 2.11 bits per heavy atom. The normalized spacial score (nSPS) is 15.9. The molecule has 0 aromatic heterocycles. The number of carbonyl (C=O) groups is 2. The first-order valence-corrected chi connectivity index (χ1v) is 16.2. The first kappa shape index (κ1) is 31.2. The van der Waals surface area contributed by atoms with Crippen molar-refractivity contribution in [2.75, 3.05) is 47.5 Å². The molecule has 0 saturated heterocycles. The molecule has 46 heavy (non-hydrogen) atoms. The van der Waals surface area contributed by atoms with E-state index >= 15 is 0 Å². The Labute approximate surface area is 275 Å². The van der Waals surface area contributed by atoms with Crippen LogP contribution in [0, 0.1) is 0 Å². The Hall–Kier alpha value is -4.75. The highest BCUT2D eigenvalue weighted by Gasteiger charge is 2.57. The largest absolute Gasteiger partial charge is 0.462 e. The van der Waals surface area contributed by atoms with Crippen LogP contribution < -0.4 is 19.4 Å². The van der Waals surface area contributed by atoms with Gasteiger partial charge in [0.2, 0.25) is 0 Å². The van der Waals surface area contributed by atoms with Crippen LogP contribution in [0.1, 0.15) is 54.2 Å². The van der Waals surface area contributed by atoms with Gasteiger partial charge in [-0.2, -0.15) is 0 Å². The maximum atomic E-state index is 14.5. The van der Waals surface area contributed by atoms with Gasteiger partial charge < -0.3 is 19.3 Å². The van der Waals surface area contributed by atoms with E-state index in [0.29, 0.717) is 47.3 Å². The van der Waals surface area contributed by atoms with Crippen LogP contribution >= 0.6 is 11.6 Å². The average Bonchev–Trinajstić information content (AvgIpc) is 3.33. The number of benzene rings is 4. The van der Waals surface area contributed by atoms with Gasteiger partial charge in [0.15, 0.2) is 0 Å². The molecule has 0 aliphatic carbocycles. The van der Waals surface area contributed by atoms with Crippen LogP contribution in [0.2, 0.25) is 5.02 Å². The molecule has 1 spiro atoms. The lowest BCUT2D eigenvalue weighted by molar-refractivity contribution is -0.137. The number of carbonyl (C=O) groups excluding carboxylic acids is 2. The van der Waals surface area contributed by atoms with Crippen molar-refractivity contribution in [2.24, 2.45) is 0 Å². The van der Waals surface area contributed by atoms with Crippen molar-refractivity contribution in [1.29, 1.82) is 0 Å². The zero-order valence-corrected chi connectivity index (χ0v) is 27.2. The number of ether oxygens (including phenoxy) is 2. The van der Waals surface area contributed by atoms with Gasteiger partial charge in [-0.25, -0.2) is 4.79 Å². The molecule has 2 heterocycles. The van der Waals surface area contributed by atoms with Crippen LogP contribution in [0.4, 0.5) is 17.1 Å². The van der Waals surface area contributed by atoms with Gasteiger partial charge in [-0.05, 0) is 57.5 Å². The van der Waals surface area contributed by atoms with Gasteiger partial charge in [-0.15, -0.1) is 0 Å². The maximum absolute atomic E-state index is 14.5. The van der Waals surface area contributed by atoms with E-state index < -0.39 is 11.5 Å². The molecule has 1 amide bonds. The van der Waals surface area contributed by atoms with Gasteiger partial charge in [-0.1, -0.05) is 60.6 Å². The SMILES string of the molecule is C=CC(=O)OCCCN(CC)c1ccc2c(c1)Oc1cc(N(CC)CC)ccc1C21c2ccccc2C(=O)N1c1ccccc1Cl. The lowest BCUT2D eigenvalue weighted by Crippen LogP contribution is -2.47. The fourth-order valence-electron chi connectivity index (χ4n) is 6.82. The van der Waals surface area contributed by atoms with E-state index in [1.165, 1.54) is 6.08 Å². The standard InChI is InChI=1S/C38H38ClN3O4/c1-5-36(43)45-23-13-22-41(8-4)27-19-21-31-35(25-27)46-34-24-26(40(6-2)7-3)18-20-30(34)38(31)29-15-10-9-14-28(29)37(44)42(38)33-17-12-11-16-32(33)39/h5,9-12,14-21,24-25H,1,6-8,13,22-23H2,2-4H3. The number of hydrogen-bond acceptors (Lipinski definition) is 6. The minimum absolute atomic E-state index is 0.122. The maximum Gasteiger partial charge on any atom is 0.330 e. The summed E-state index contributed by atoms with van der Waals surface area (Å²) in [6.45, 7) is 13.3. The summed E-state index contributed by atoms with van der Waals surface area (Å²) in [5, 5.41) is 0.489. The molecular formula is C38H38ClN3O4. The van der Waals surface area contributed by atoms with Gasteiger partial charge in [0.05, 0.1) is 17.3 Å². The Bertz CT molecular complexity index is 1800. The highest BCUT2D eigenvalue weighted by atomic mass is 35.5. The summed E-state index contributed by atoms with van der Waals surface area (Å²) in [7, 11) is 0. The Morgan fingerprint density at radius 1 is 0.870 bits per heavy atom. The summed E-state index contributed by atoms with van der Waals surface area (Å²) < 4.78 is 12.0. The number of hydrogen-bond donors (Lipinski definition) is 0. The van der Waals surface area contributed by atoms with E-state index in [2.05, 4.69) is 73.5 Å². The van der Waals surface area contributed by atoms with E-state index in [0.717, 1.165) is 47.7 Å². The van der Waals surface area contributed by atoms with Crippen LogP contribution in [0.5, 0.6) is 11.5 Å². The molecule has 2 aliphatic heterocycles. The van der Waals surface area contributed by atoms with Crippen molar-refractivity contribution in [2.45, 2.75) is 32.7 Å². The summed E-state index contributed by atoms with van der Waals surface area (Å²) in [6, 6.07) is 27.8. The summed E-state index contributed by atoms with van der Waals surface area (Å²) in [5.74, 6) is 0.811. The van der Waals surface area contributed by atoms with E-state index in [1.807, 2.05) is 53.4 Å². The lowest BCUT2D eigenvalue weighted by Gasteiger charge is -2.45. The Morgan fingerprint density at radius 2 is 1.48 bits per heavy atom. The second kappa shape index (κ2) is 12.9. The summed E-state index contributed by atoms with van der Waals surface area (Å²) >= 11 is 6.87. The van der Waals surface area contributed by atoms with Crippen molar-refractivity contribution < 1.29 is 19.1 Å². The van der Waals surface area contributed by atoms with Crippen LogP contribution in [-0.2, 0) is 15.1 Å². The third-order valence-electron chi connectivity index (χ3n) is 8.97. The lowest BCUT2D eigenvalue weighted by atomic mass is 9.74. The van der Waals surface area contributed by atoms with Crippen molar-refractivity contribution >= 4 is 40.5 Å². The van der Waals surface area contributed by atoms with Crippen LogP contribution in [0.3, 0.4) is 0 Å².